The quantitative estimate of drug-likeness (QED) is 0.779. The van der Waals surface area contributed by atoms with Crippen LogP contribution in [0, 0.1) is 0 Å². The Morgan fingerprint density at radius 2 is 2.26 bits per heavy atom. The molecule has 0 aliphatic carbocycles. The third kappa shape index (κ3) is 3.71. The first-order valence-corrected chi connectivity index (χ1v) is 7.67. The Bertz CT molecular complexity index is 504. The summed E-state index contributed by atoms with van der Waals surface area (Å²) in [4.78, 5) is 23.0. The predicted molar refractivity (Wildman–Crippen MR) is 78.8 cm³/mol. The number of aromatic carboxylic acids is 1. The summed E-state index contributed by atoms with van der Waals surface area (Å²) in [5.41, 5.74) is 0.617. The molecule has 5 nitrogen and oxygen atoms in total. The molecule has 0 spiro atoms. The first-order chi connectivity index (χ1) is 9.08. The van der Waals surface area contributed by atoms with Gasteiger partial charge in [0.2, 0.25) is 5.91 Å². The first-order valence-electron chi connectivity index (χ1n) is 5.73. The second-order valence-corrected chi connectivity index (χ2v) is 6.07. The van der Waals surface area contributed by atoms with Crippen molar-refractivity contribution in [2.75, 3.05) is 23.4 Å². The van der Waals surface area contributed by atoms with Crippen LogP contribution in [0.25, 0.3) is 0 Å². The molecule has 7 heteroatoms. The predicted octanol–water partition coefficient (Wildman–Crippen LogP) is 1.79. The van der Waals surface area contributed by atoms with Gasteiger partial charge in [-0.1, -0.05) is 0 Å². The second-order valence-electron chi connectivity index (χ2n) is 4.07. The monoisotopic (exact) mass is 344 g/mol. The van der Waals surface area contributed by atoms with Crippen LogP contribution in [0.4, 0.5) is 5.69 Å². The maximum Gasteiger partial charge on any atom is 0.335 e. The zero-order valence-corrected chi connectivity index (χ0v) is 12.4. The molecule has 1 unspecified atom stereocenters. The Kier molecular flexibility index (Phi) is 4.84. The summed E-state index contributed by atoms with van der Waals surface area (Å²) in [6.45, 7) is 0.805. The van der Waals surface area contributed by atoms with Crippen molar-refractivity contribution in [2.45, 2.75) is 6.04 Å². The van der Waals surface area contributed by atoms with Crippen LogP contribution in [-0.4, -0.2) is 41.1 Å². The van der Waals surface area contributed by atoms with Crippen molar-refractivity contribution < 1.29 is 14.7 Å². The number of carboxylic acid groups (broad SMARTS) is 1. The number of carboxylic acids is 1. The van der Waals surface area contributed by atoms with Crippen molar-refractivity contribution in [1.82, 2.24) is 5.32 Å². The van der Waals surface area contributed by atoms with Crippen LogP contribution in [0.15, 0.2) is 22.7 Å². The van der Waals surface area contributed by atoms with E-state index in [0.717, 1.165) is 18.1 Å². The Morgan fingerprint density at radius 1 is 1.47 bits per heavy atom. The Labute approximate surface area is 123 Å². The number of hydrogen-bond acceptors (Lipinski definition) is 4. The minimum Gasteiger partial charge on any atom is -0.478 e. The molecule has 1 saturated heterocycles. The molecule has 1 aliphatic heterocycles. The highest BCUT2D eigenvalue weighted by Crippen LogP contribution is 2.24. The number of halogens is 1. The number of rotatable bonds is 3. The standard InChI is InChI=1S/C12H13BrN2O3S/c13-8-2-1-7(12(17)18)5-9(8)15-11(16)10-6-19-4-3-14-10/h1-2,5,10,14H,3-4,6H2,(H,15,16)(H,17,18). The summed E-state index contributed by atoms with van der Waals surface area (Å²) >= 11 is 5.02. The molecule has 1 heterocycles. The Morgan fingerprint density at radius 3 is 2.89 bits per heavy atom. The highest BCUT2D eigenvalue weighted by Gasteiger charge is 2.21. The van der Waals surface area contributed by atoms with Gasteiger partial charge in [0.15, 0.2) is 0 Å². The molecule has 19 heavy (non-hydrogen) atoms. The van der Waals surface area contributed by atoms with Gasteiger partial charge in [0.25, 0.3) is 0 Å². The molecule has 1 aliphatic rings. The smallest absolute Gasteiger partial charge is 0.335 e. The fourth-order valence-electron chi connectivity index (χ4n) is 1.71. The molecular formula is C12H13BrN2O3S. The van der Waals surface area contributed by atoms with E-state index >= 15 is 0 Å². The maximum atomic E-state index is 12.0. The van der Waals surface area contributed by atoms with Crippen molar-refractivity contribution in [3.63, 3.8) is 0 Å². The maximum absolute atomic E-state index is 12.0. The molecule has 0 radical (unpaired) electrons. The Balaban J connectivity index is 2.11. The van der Waals surface area contributed by atoms with E-state index in [9.17, 15) is 9.59 Å². The molecule has 1 aromatic rings. The molecule has 0 aromatic heterocycles. The molecule has 1 atom stereocenters. The topological polar surface area (TPSA) is 78.4 Å². The van der Waals surface area contributed by atoms with Crippen molar-refractivity contribution in [3.05, 3.63) is 28.2 Å². The fraction of sp³-hybridized carbons (Fsp3) is 0.333. The van der Waals surface area contributed by atoms with Crippen LogP contribution in [0.5, 0.6) is 0 Å². The number of hydrogen-bond donors (Lipinski definition) is 3. The van der Waals surface area contributed by atoms with E-state index in [-0.39, 0.29) is 17.5 Å². The van der Waals surface area contributed by atoms with Crippen LogP contribution < -0.4 is 10.6 Å². The van der Waals surface area contributed by atoms with Crippen LogP contribution >= 0.6 is 27.7 Å². The molecule has 0 saturated carbocycles. The van der Waals surface area contributed by atoms with E-state index in [1.807, 2.05) is 0 Å². The van der Waals surface area contributed by atoms with Gasteiger partial charge in [-0.25, -0.2) is 4.79 Å². The second kappa shape index (κ2) is 6.40. The van der Waals surface area contributed by atoms with Gasteiger partial charge in [0, 0.05) is 22.5 Å². The van der Waals surface area contributed by atoms with Gasteiger partial charge in [-0.2, -0.15) is 11.8 Å². The first kappa shape index (κ1) is 14.4. The Hall–Kier alpha value is -1.05. The zero-order valence-electron chi connectivity index (χ0n) is 9.98. The summed E-state index contributed by atoms with van der Waals surface area (Å²) in [7, 11) is 0. The summed E-state index contributed by atoms with van der Waals surface area (Å²) in [6, 6.07) is 4.30. The number of carbonyl (C=O) groups excluding carboxylic acids is 1. The van der Waals surface area contributed by atoms with Gasteiger partial charge in [0.1, 0.15) is 0 Å². The lowest BCUT2D eigenvalue weighted by Gasteiger charge is -2.22. The highest BCUT2D eigenvalue weighted by molar-refractivity contribution is 9.10. The third-order valence-corrected chi connectivity index (χ3v) is 4.46. The van der Waals surface area contributed by atoms with E-state index in [2.05, 4.69) is 26.6 Å². The van der Waals surface area contributed by atoms with Crippen molar-refractivity contribution >= 4 is 45.3 Å². The minimum atomic E-state index is -1.02. The van der Waals surface area contributed by atoms with Gasteiger partial charge in [0.05, 0.1) is 17.3 Å². The lowest BCUT2D eigenvalue weighted by atomic mass is 10.2. The SMILES string of the molecule is O=C(O)c1ccc(Br)c(NC(=O)C2CSCCN2)c1. The van der Waals surface area contributed by atoms with E-state index in [4.69, 9.17) is 5.11 Å². The zero-order chi connectivity index (χ0) is 13.8. The number of nitrogens with one attached hydrogen (secondary N) is 2. The van der Waals surface area contributed by atoms with Gasteiger partial charge < -0.3 is 15.7 Å². The summed E-state index contributed by atoms with van der Waals surface area (Å²) in [5.74, 6) is 0.564. The van der Waals surface area contributed by atoms with Crippen molar-refractivity contribution in [1.29, 1.82) is 0 Å². The number of benzene rings is 1. The summed E-state index contributed by atoms with van der Waals surface area (Å²) in [6.07, 6.45) is 0. The van der Waals surface area contributed by atoms with Crippen LogP contribution in [0.1, 0.15) is 10.4 Å². The van der Waals surface area contributed by atoms with Crippen LogP contribution in [0.2, 0.25) is 0 Å². The number of anilines is 1. The molecule has 1 aromatic carbocycles. The molecule has 102 valence electrons. The van der Waals surface area contributed by atoms with E-state index in [0.29, 0.717) is 10.2 Å². The molecule has 1 fully saturated rings. The van der Waals surface area contributed by atoms with Gasteiger partial charge >= 0.3 is 5.97 Å². The summed E-state index contributed by atoms with van der Waals surface area (Å²) in [5, 5.41) is 14.8. The minimum absolute atomic E-state index is 0.143. The average Bonchev–Trinajstić information content (AvgIpc) is 2.42. The summed E-state index contributed by atoms with van der Waals surface area (Å²) < 4.78 is 0.661. The van der Waals surface area contributed by atoms with Gasteiger partial charge in [-0.05, 0) is 34.1 Å². The van der Waals surface area contributed by atoms with Crippen LogP contribution in [-0.2, 0) is 4.79 Å². The molecule has 3 N–H and O–H groups in total. The lowest BCUT2D eigenvalue weighted by Crippen LogP contribution is -2.46. The number of thioether (sulfide) groups is 1. The van der Waals surface area contributed by atoms with Gasteiger partial charge in [-0.3, -0.25) is 4.79 Å². The van der Waals surface area contributed by atoms with Gasteiger partial charge in [-0.15, -0.1) is 0 Å². The van der Waals surface area contributed by atoms with E-state index < -0.39 is 5.97 Å². The molecule has 1 amide bonds. The normalized spacial score (nSPS) is 18.9. The van der Waals surface area contributed by atoms with Crippen molar-refractivity contribution in [2.24, 2.45) is 0 Å². The van der Waals surface area contributed by atoms with Crippen molar-refractivity contribution in [3.8, 4) is 0 Å². The number of carbonyl (C=O) groups is 2. The largest absolute Gasteiger partial charge is 0.478 e. The van der Waals surface area contributed by atoms with Crippen LogP contribution in [0.3, 0.4) is 0 Å². The highest BCUT2D eigenvalue weighted by atomic mass is 79.9. The number of amides is 1. The molecule has 0 bridgehead atoms. The average molecular weight is 345 g/mol. The third-order valence-electron chi connectivity index (χ3n) is 2.71. The molecule has 2 rings (SSSR count). The van der Waals surface area contributed by atoms with E-state index in [1.165, 1.54) is 12.1 Å². The van der Waals surface area contributed by atoms with E-state index in [1.54, 1.807) is 17.8 Å². The molecular weight excluding hydrogens is 332 g/mol. The lowest BCUT2D eigenvalue weighted by molar-refractivity contribution is -0.117. The fourth-order valence-corrected chi connectivity index (χ4v) is 2.99.